The highest BCUT2D eigenvalue weighted by molar-refractivity contribution is 5.72. The van der Waals surface area contributed by atoms with Crippen LogP contribution in [0.15, 0.2) is 0 Å². The molecular weight excluding hydrogens is 200 g/mol. The zero-order chi connectivity index (χ0) is 11.1. The van der Waals surface area contributed by atoms with Crippen molar-refractivity contribution in [2.45, 2.75) is 32.0 Å². The number of rotatable bonds is 6. The third kappa shape index (κ3) is 4.59. The standard InChI is InChI=1S/C10H18O5/c1-2-14-9(10(11)12)7-15-8-3-5-13-6-4-8/h8-9H,2-7H2,1H3,(H,11,12). The van der Waals surface area contributed by atoms with Crippen molar-refractivity contribution in [2.75, 3.05) is 26.4 Å². The minimum Gasteiger partial charge on any atom is -0.479 e. The molecule has 0 bridgehead atoms. The quantitative estimate of drug-likeness (QED) is 0.710. The second-order valence-electron chi connectivity index (χ2n) is 3.43. The fraction of sp³-hybridized carbons (Fsp3) is 0.900. The Morgan fingerprint density at radius 3 is 2.73 bits per heavy atom. The van der Waals surface area contributed by atoms with Crippen LogP contribution < -0.4 is 0 Å². The molecule has 1 heterocycles. The summed E-state index contributed by atoms with van der Waals surface area (Å²) in [5, 5.41) is 8.80. The Hall–Kier alpha value is -0.650. The molecule has 1 atom stereocenters. The number of hydrogen-bond acceptors (Lipinski definition) is 4. The molecule has 5 heteroatoms. The minimum atomic E-state index is -0.969. The van der Waals surface area contributed by atoms with Gasteiger partial charge >= 0.3 is 5.97 Å². The molecule has 0 aliphatic carbocycles. The number of hydrogen-bond donors (Lipinski definition) is 1. The van der Waals surface area contributed by atoms with Gasteiger partial charge in [0, 0.05) is 19.8 Å². The molecule has 88 valence electrons. The summed E-state index contributed by atoms with van der Waals surface area (Å²) in [5.74, 6) is -0.969. The van der Waals surface area contributed by atoms with Crippen LogP contribution in [-0.2, 0) is 19.0 Å². The molecule has 0 spiro atoms. The van der Waals surface area contributed by atoms with Crippen molar-refractivity contribution in [3.05, 3.63) is 0 Å². The Kier molecular flexibility index (Phi) is 5.60. The maximum Gasteiger partial charge on any atom is 0.335 e. The molecule has 0 aromatic heterocycles. The van der Waals surface area contributed by atoms with Crippen molar-refractivity contribution in [2.24, 2.45) is 0 Å². The molecule has 1 fully saturated rings. The van der Waals surface area contributed by atoms with Crippen LogP contribution in [0.4, 0.5) is 0 Å². The van der Waals surface area contributed by atoms with Gasteiger partial charge in [0.2, 0.25) is 0 Å². The monoisotopic (exact) mass is 218 g/mol. The number of carbonyl (C=O) groups is 1. The second kappa shape index (κ2) is 6.76. The number of ether oxygens (including phenoxy) is 3. The summed E-state index contributed by atoms with van der Waals surface area (Å²) in [4.78, 5) is 10.7. The number of aliphatic carboxylic acids is 1. The summed E-state index contributed by atoms with van der Waals surface area (Å²) in [6, 6.07) is 0. The second-order valence-corrected chi connectivity index (χ2v) is 3.43. The first-order chi connectivity index (χ1) is 7.24. The maximum absolute atomic E-state index is 10.7. The number of carboxylic acids is 1. The van der Waals surface area contributed by atoms with Crippen molar-refractivity contribution >= 4 is 5.97 Å². The zero-order valence-electron chi connectivity index (χ0n) is 8.98. The number of carboxylic acid groups (broad SMARTS) is 1. The van der Waals surface area contributed by atoms with Gasteiger partial charge in [0.05, 0.1) is 12.7 Å². The summed E-state index contributed by atoms with van der Waals surface area (Å²) < 4.78 is 15.7. The summed E-state index contributed by atoms with van der Waals surface area (Å²) in [5.41, 5.74) is 0. The SMILES string of the molecule is CCOC(COC1CCOCC1)C(=O)O. The third-order valence-corrected chi connectivity index (χ3v) is 2.29. The van der Waals surface area contributed by atoms with Crippen molar-refractivity contribution in [1.82, 2.24) is 0 Å². The molecular formula is C10H18O5. The first kappa shape index (κ1) is 12.4. The molecule has 0 radical (unpaired) electrons. The van der Waals surface area contributed by atoms with Crippen LogP contribution in [0.25, 0.3) is 0 Å². The molecule has 1 N–H and O–H groups in total. The van der Waals surface area contributed by atoms with E-state index < -0.39 is 12.1 Å². The van der Waals surface area contributed by atoms with Gasteiger partial charge in [-0.1, -0.05) is 0 Å². The van der Waals surface area contributed by atoms with Crippen molar-refractivity contribution in [3.63, 3.8) is 0 Å². The lowest BCUT2D eigenvalue weighted by Crippen LogP contribution is -2.33. The predicted octanol–water partition coefficient (Wildman–Crippen LogP) is 0.672. The van der Waals surface area contributed by atoms with Crippen LogP contribution in [-0.4, -0.2) is 49.7 Å². The zero-order valence-corrected chi connectivity index (χ0v) is 8.98. The molecule has 1 rings (SSSR count). The first-order valence-electron chi connectivity index (χ1n) is 5.27. The Bertz CT molecular complexity index is 188. The topological polar surface area (TPSA) is 65.0 Å². The van der Waals surface area contributed by atoms with Crippen molar-refractivity contribution in [1.29, 1.82) is 0 Å². The third-order valence-electron chi connectivity index (χ3n) is 2.29. The fourth-order valence-corrected chi connectivity index (χ4v) is 1.46. The Morgan fingerprint density at radius 1 is 1.53 bits per heavy atom. The normalized spacial score (nSPS) is 20.1. The highest BCUT2D eigenvalue weighted by atomic mass is 16.6. The molecule has 0 saturated carbocycles. The van der Waals surface area contributed by atoms with Crippen LogP contribution in [0.5, 0.6) is 0 Å². The maximum atomic E-state index is 10.7. The molecule has 5 nitrogen and oxygen atoms in total. The molecule has 1 aliphatic heterocycles. The van der Waals surface area contributed by atoms with Crippen molar-refractivity contribution in [3.8, 4) is 0 Å². The van der Waals surface area contributed by atoms with E-state index in [1.165, 1.54) is 0 Å². The molecule has 1 unspecified atom stereocenters. The van der Waals surface area contributed by atoms with Gasteiger partial charge in [-0.25, -0.2) is 4.79 Å². The van der Waals surface area contributed by atoms with E-state index in [0.717, 1.165) is 12.8 Å². The molecule has 0 aromatic rings. The van der Waals surface area contributed by atoms with E-state index in [0.29, 0.717) is 19.8 Å². The van der Waals surface area contributed by atoms with Gasteiger partial charge in [0.25, 0.3) is 0 Å². The highest BCUT2D eigenvalue weighted by Crippen LogP contribution is 2.11. The Morgan fingerprint density at radius 2 is 2.20 bits per heavy atom. The van der Waals surface area contributed by atoms with Gasteiger partial charge < -0.3 is 19.3 Å². The van der Waals surface area contributed by atoms with Crippen LogP contribution in [0.1, 0.15) is 19.8 Å². The van der Waals surface area contributed by atoms with Crippen LogP contribution in [0.3, 0.4) is 0 Å². The lowest BCUT2D eigenvalue weighted by Gasteiger charge is -2.23. The van der Waals surface area contributed by atoms with Crippen molar-refractivity contribution < 1.29 is 24.1 Å². The summed E-state index contributed by atoms with van der Waals surface area (Å²) >= 11 is 0. The van der Waals surface area contributed by atoms with Gasteiger partial charge in [-0.05, 0) is 19.8 Å². The van der Waals surface area contributed by atoms with Crippen LogP contribution in [0, 0.1) is 0 Å². The smallest absolute Gasteiger partial charge is 0.335 e. The summed E-state index contributed by atoms with van der Waals surface area (Å²) in [6.45, 7) is 3.65. The van der Waals surface area contributed by atoms with E-state index in [1.807, 2.05) is 0 Å². The summed E-state index contributed by atoms with van der Waals surface area (Å²) in [7, 11) is 0. The molecule has 15 heavy (non-hydrogen) atoms. The molecule has 0 amide bonds. The van der Waals surface area contributed by atoms with Crippen LogP contribution in [0.2, 0.25) is 0 Å². The Labute approximate surface area is 89.3 Å². The highest BCUT2D eigenvalue weighted by Gasteiger charge is 2.21. The molecule has 1 aliphatic rings. The van der Waals surface area contributed by atoms with E-state index in [-0.39, 0.29) is 12.7 Å². The van der Waals surface area contributed by atoms with Gasteiger partial charge in [0.15, 0.2) is 6.10 Å². The largest absolute Gasteiger partial charge is 0.479 e. The van der Waals surface area contributed by atoms with E-state index in [9.17, 15) is 4.79 Å². The van der Waals surface area contributed by atoms with Gasteiger partial charge in [-0.15, -0.1) is 0 Å². The predicted molar refractivity (Wildman–Crippen MR) is 52.8 cm³/mol. The molecule has 1 saturated heterocycles. The van der Waals surface area contributed by atoms with Gasteiger partial charge in [-0.3, -0.25) is 0 Å². The van der Waals surface area contributed by atoms with E-state index in [4.69, 9.17) is 19.3 Å². The lowest BCUT2D eigenvalue weighted by atomic mass is 10.1. The first-order valence-corrected chi connectivity index (χ1v) is 5.27. The van der Waals surface area contributed by atoms with E-state index in [1.54, 1.807) is 6.92 Å². The van der Waals surface area contributed by atoms with Crippen LogP contribution >= 0.6 is 0 Å². The average Bonchev–Trinajstić information content (AvgIpc) is 2.25. The van der Waals surface area contributed by atoms with Gasteiger partial charge in [0.1, 0.15) is 0 Å². The fourth-order valence-electron chi connectivity index (χ4n) is 1.46. The average molecular weight is 218 g/mol. The van der Waals surface area contributed by atoms with Gasteiger partial charge in [-0.2, -0.15) is 0 Å². The molecule has 0 aromatic carbocycles. The van der Waals surface area contributed by atoms with E-state index >= 15 is 0 Å². The minimum absolute atomic E-state index is 0.112. The lowest BCUT2D eigenvalue weighted by molar-refractivity contribution is -0.157. The van der Waals surface area contributed by atoms with E-state index in [2.05, 4.69) is 0 Å². The Balaban J connectivity index is 2.22. The summed E-state index contributed by atoms with van der Waals surface area (Å²) in [6.07, 6.45) is 0.926.